The summed E-state index contributed by atoms with van der Waals surface area (Å²) in [6.07, 6.45) is 2.75. The van der Waals surface area contributed by atoms with Gasteiger partial charge >= 0.3 is 0 Å². The molecule has 3 nitrogen and oxygen atoms in total. The van der Waals surface area contributed by atoms with Gasteiger partial charge in [-0.2, -0.15) is 0 Å². The summed E-state index contributed by atoms with van der Waals surface area (Å²) in [4.78, 5) is 0. The van der Waals surface area contributed by atoms with E-state index in [4.69, 9.17) is 0 Å². The largest absolute Gasteiger partial charge is 0.315 e. The van der Waals surface area contributed by atoms with Gasteiger partial charge in [0.1, 0.15) is 0 Å². The van der Waals surface area contributed by atoms with E-state index in [1.807, 2.05) is 31.2 Å². The fourth-order valence-corrected chi connectivity index (χ4v) is 3.89. The summed E-state index contributed by atoms with van der Waals surface area (Å²) in [6, 6.07) is 8.17. The van der Waals surface area contributed by atoms with Gasteiger partial charge in [0.2, 0.25) is 0 Å². The molecule has 0 spiro atoms. The van der Waals surface area contributed by atoms with Gasteiger partial charge in [0.25, 0.3) is 0 Å². The molecule has 4 heteroatoms. The van der Waals surface area contributed by atoms with Crippen molar-refractivity contribution in [2.24, 2.45) is 0 Å². The summed E-state index contributed by atoms with van der Waals surface area (Å²) in [5, 5.41) is 3.34. The Hall–Kier alpha value is -0.870. The highest BCUT2D eigenvalue weighted by atomic mass is 32.2. The highest BCUT2D eigenvalue weighted by Gasteiger charge is 2.13. The smallest absolute Gasteiger partial charge is 0.154 e. The number of nitrogens with one attached hydrogen (secondary N) is 1. The van der Waals surface area contributed by atoms with Crippen molar-refractivity contribution in [2.45, 2.75) is 51.8 Å². The molecular formula is C16H27NO2S. The molecule has 0 heterocycles. The molecule has 114 valence electrons. The van der Waals surface area contributed by atoms with Crippen LogP contribution in [0.4, 0.5) is 0 Å². The molecule has 0 bridgehead atoms. The lowest BCUT2D eigenvalue weighted by Crippen LogP contribution is -2.25. The van der Waals surface area contributed by atoms with Crippen LogP contribution in [0.1, 0.15) is 44.2 Å². The van der Waals surface area contributed by atoms with Crippen LogP contribution >= 0.6 is 0 Å². The molecule has 1 atom stereocenters. The van der Waals surface area contributed by atoms with E-state index in [2.05, 4.69) is 19.2 Å². The second kappa shape index (κ2) is 8.42. The van der Waals surface area contributed by atoms with Gasteiger partial charge in [0.15, 0.2) is 9.84 Å². The Morgan fingerprint density at radius 3 is 2.55 bits per heavy atom. The van der Waals surface area contributed by atoms with E-state index in [0.29, 0.717) is 11.8 Å². The Morgan fingerprint density at radius 2 is 1.90 bits per heavy atom. The van der Waals surface area contributed by atoms with Crippen LogP contribution in [0.3, 0.4) is 0 Å². The second-order valence-corrected chi connectivity index (χ2v) is 7.66. The molecule has 0 saturated carbocycles. The zero-order valence-electron chi connectivity index (χ0n) is 12.9. The van der Waals surface area contributed by atoms with E-state index in [1.165, 1.54) is 0 Å². The standard InChI is InChI=1S/C16H27NO2S/c1-4-17-15(3)10-7-8-12-20(18,19)13-16-11-6-5-9-14(16)2/h5-6,9,11,15,17H,4,7-8,10,12-13H2,1-3H3. The molecule has 1 N–H and O–H groups in total. The maximum atomic E-state index is 12.1. The van der Waals surface area contributed by atoms with Crippen molar-refractivity contribution >= 4 is 9.84 Å². The first-order valence-corrected chi connectivity index (χ1v) is 9.25. The molecule has 20 heavy (non-hydrogen) atoms. The van der Waals surface area contributed by atoms with E-state index < -0.39 is 9.84 Å². The molecule has 1 aromatic carbocycles. The molecule has 1 rings (SSSR count). The van der Waals surface area contributed by atoms with E-state index in [9.17, 15) is 8.42 Å². The number of hydrogen-bond acceptors (Lipinski definition) is 3. The first kappa shape index (κ1) is 17.2. The van der Waals surface area contributed by atoms with Crippen LogP contribution in [0.2, 0.25) is 0 Å². The lowest BCUT2D eigenvalue weighted by atomic mass is 10.1. The van der Waals surface area contributed by atoms with Crippen LogP contribution in [0.15, 0.2) is 24.3 Å². The van der Waals surface area contributed by atoms with Gasteiger partial charge in [-0.3, -0.25) is 0 Å². The molecule has 0 aliphatic carbocycles. The molecular weight excluding hydrogens is 270 g/mol. The second-order valence-electron chi connectivity index (χ2n) is 5.47. The predicted octanol–water partition coefficient (Wildman–Crippen LogP) is 3.08. The molecule has 0 amide bonds. The van der Waals surface area contributed by atoms with Gasteiger partial charge in [-0.05, 0) is 44.4 Å². The Morgan fingerprint density at radius 1 is 1.20 bits per heavy atom. The normalized spacial score (nSPS) is 13.3. The minimum Gasteiger partial charge on any atom is -0.315 e. The number of benzene rings is 1. The van der Waals surface area contributed by atoms with Gasteiger partial charge < -0.3 is 5.32 Å². The molecule has 1 unspecified atom stereocenters. The van der Waals surface area contributed by atoms with Crippen molar-refractivity contribution < 1.29 is 8.42 Å². The number of unbranched alkanes of at least 4 members (excludes halogenated alkanes) is 1. The van der Waals surface area contributed by atoms with E-state index in [-0.39, 0.29) is 5.75 Å². The quantitative estimate of drug-likeness (QED) is 0.713. The number of rotatable bonds is 9. The van der Waals surface area contributed by atoms with Crippen molar-refractivity contribution in [3.8, 4) is 0 Å². The Labute approximate surface area is 123 Å². The van der Waals surface area contributed by atoms with E-state index in [1.54, 1.807) is 0 Å². The van der Waals surface area contributed by atoms with Crippen LogP contribution < -0.4 is 5.32 Å². The average Bonchev–Trinajstić information content (AvgIpc) is 2.38. The maximum Gasteiger partial charge on any atom is 0.154 e. The SMILES string of the molecule is CCNC(C)CCCCS(=O)(=O)Cc1ccccc1C. The number of aryl methyl sites for hydroxylation is 1. The Kier molecular flexibility index (Phi) is 7.24. The Balaban J connectivity index is 2.37. The summed E-state index contributed by atoms with van der Waals surface area (Å²) in [7, 11) is -2.99. The van der Waals surface area contributed by atoms with Crippen molar-refractivity contribution in [2.75, 3.05) is 12.3 Å². The highest BCUT2D eigenvalue weighted by molar-refractivity contribution is 7.90. The minimum absolute atomic E-state index is 0.169. The first-order valence-electron chi connectivity index (χ1n) is 7.43. The fraction of sp³-hybridized carbons (Fsp3) is 0.625. The minimum atomic E-state index is -2.99. The van der Waals surface area contributed by atoms with Crippen molar-refractivity contribution in [3.05, 3.63) is 35.4 Å². The monoisotopic (exact) mass is 297 g/mol. The zero-order valence-corrected chi connectivity index (χ0v) is 13.7. The molecule has 1 aromatic rings. The predicted molar refractivity (Wildman–Crippen MR) is 85.7 cm³/mol. The van der Waals surface area contributed by atoms with Crippen LogP contribution in [-0.2, 0) is 15.6 Å². The van der Waals surface area contributed by atoms with Gasteiger partial charge in [-0.1, -0.05) is 37.6 Å². The molecule has 0 fully saturated rings. The molecule has 0 aliphatic heterocycles. The summed E-state index contributed by atoms with van der Waals surface area (Å²) in [5.41, 5.74) is 1.98. The van der Waals surface area contributed by atoms with Crippen molar-refractivity contribution in [3.63, 3.8) is 0 Å². The number of sulfone groups is 1. The highest BCUT2D eigenvalue weighted by Crippen LogP contribution is 2.13. The van der Waals surface area contributed by atoms with Crippen molar-refractivity contribution in [1.29, 1.82) is 0 Å². The van der Waals surface area contributed by atoms with Gasteiger partial charge in [0.05, 0.1) is 11.5 Å². The van der Waals surface area contributed by atoms with Crippen LogP contribution in [-0.4, -0.2) is 26.8 Å². The molecule has 0 saturated heterocycles. The summed E-state index contributed by atoms with van der Waals surface area (Å²) in [6.45, 7) is 7.16. The summed E-state index contributed by atoms with van der Waals surface area (Å²) < 4.78 is 24.2. The average molecular weight is 297 g/mol. The Bertz CT molecular complexity index is 497. The molecule has 0 radical (unpaired) electrons. The maximum absolute atomic E-state index is 12.1. The van der Waals surface area contributed by atoms with Crippen LogP contribution in [0, 0.1) is 6.92 Å². The third kappa shape index (κ3) is 6.53. The van der Waals surface area contributed by atoms with Gasteiger partial charge in [0, 0.05) is 6.04 Å². The molecule has 0 aliphatic rings. The molecule has 0 aromatic heterocycles. The zero-order chi connectivity index (χ0) is 15.0. The van der Waals surface area contributed by atoms with Gasteiger partial charge in [-0.15, -0.1) is 0 Å². The van der Waals surface area contributed by atoms with E-state index in [0.717, 1.165) is 36.9 Å². The van der Waals surface area contributed by atoms with Crippen molar-refractivity contribution in [1.82, 2.24) is 5.32 Å². The van der Waals surface area contributed by atoms with Gasteiger partial charge in [-0.25, -0.2) is 8.42 Å². The van der Waals surface area contributed by atoms with E-state index >= 15 is 0 Å². The lowest BCUT2D eigenvalue weighted by Gasteiger charge is -2.12. The summed E-state index contributed by atoms with van der Waals surface area (Å²) in [5.74, 6) is 0.461. The van der Waals surface area contributed by atoms with Crippen LogP contribution in [0.25, 0.3) is 0 Å². The third-order valence-corrected chi connectivity index (χ3v) is 5.19. The summed E-state index contributed by atoms with van der Waals surface area (Å²) >= 11 is 0. The third-order valence-electron chi connectivity index (χ3n) is 3.53. The number of hydrogen-bond donors (Lipinski definition) is 1. The topological polar surface area (TPSA) is 46.2 Å². The van der Waals surface area contributed by atoms with Crippen LogP contribution in [0.5, 0.6) is 0 Å². The first-order chi connectivity index (χ1) is 9.44. The fourth-order valence-electron chi connectivity index (χ4n) is 2.30. The lowest BCUT2D eigenvalue weighted by molar-refractivity contribution is 0.507.